The molecule has 1 N–H and O–H groups in total. The Labute approximate surface area is 139 Å². The van der Waals surface area contributed by atoms with Crippen LogP contribution in [0, 0.1) is 5.92 Å². The van der Waals surface area contributed by atoms with Crippen molar-refractivity contribution in [3.63, 3.8) is 0 Å². The van der Waals surface area contributed by atoms with Gasteiger partial charge < -0.3 is 14.7 Å². The molecular weight excluding hydrogens is 318 g/mol. The number of nitrogens with zero attached hydrogens (tertiary/aromatic N) is 1. The summed E-state index contributed by atoms with van der Waals surface area (Å²) in [5, 5.41) is 8.75. The number of thioether (sulfide) groups is 1. The first-order valence-electron chi connectivity index (χ1n) is 7.97. The van der Waals surface area contributed by atoms with E-state index in [9.17, 15) is 14.4 Å². The topological polar surface area (TPSA) is 83.9 Å². The second kappa shape index (κ2) is 6.65. The smallest absolute Gasteiger partial charge is 0.308 e. The predicted molar refractivity (Wildman–Crippen MR) is 85.0 cm³/mol. The van der Waals surface area contributed by atoms with Crippen molar-refractivity contribution >= 4 is 29.4 Å². The molecule has 2 unspecified atom stereocenters. The fourth-order valence-electron chi connectivity index (χ4n) is 3.29. The van der Waals surface area contributed by atoms with Crippen molar-refractivity contribution in [2.24, 2.45) is 5.92 Å². The highest BCUT2D eigenvalue weighted by Crippen LogP contribution is 2.41. The summed E-state index contributed by atoms with van der Waals surface area (Å²) in [5.74, 6) is -1.46. The minimum absolute atomic E-state index is 0.0185. The van der Waals surface area contributed by atoms with Crippen molar-refractivity contribution in [1.82, 2.24) is 4.90 Å². The molecule has 2 aliphatic heterocycles. The molecule has 6 nitrogen and oxygen atoms in total. The molecule has 2 heterocycles. The lowest BCUT2D eigenvalue weighted by molar-refractivity contribution is -0.137. The number of hydrogen-bond acceptors (Lipinski definition) is 5. The molecule has 0 aromatic carbocycles. The van der Waals surface area contributed by atoms with Crippen LogP contribution < -0.4 is 0 Å². The first kappa shape index (κ1) is 16.5. The van der Waals surface area contributed by atoms with Crippen LogP contribution in [0.1, 0.15) is 32.1 Å². The summed E-state index contributed by atoms with van der Waals surface area (Å²) in [6, 6.07) is 0. The molecule has 1 saturated carbocycles. The molecule has 23 heavy (non-hydrogen) atoms. The van der Waals surface area contributed by atoms with Gasteiger partial charge in [0.1, 0.15) is 5.37 Å². The Balaban J connectivity index is 1.88. The number of aliphatic carboxylic acids is 1. The van der Waals surface area contributed by atoms with Crippen molar-refractivity contribution in [3.05, 3.63) is 11.1 Å². The number of carbonyl (C=O) groups excluding carboxylic acids is 2. The predicted octanol–water partition coefficient (Wildman–Crippen LogP) is 1.45. The minimum Gasteiger partial charge on any atom is -0.481 e. The van der Waals surface area contributed by atoms with Crippen LogP contribution in [-0.2, 0) is 19.1 Å². The Morgan fingerprint density at radius 1 is 1.35 bits per heavy atom. The maximum atomic E-state index is 12.7. The first-order valence-corrected chi connectivity index (χ1v) is 9.26. The molecule has 3 aliphatic rings. The van der Waals surface area contributed by atoms with Crippen LogP contribution >= 0.6 is 11.8 Å². The van der Waals surface area contributed by atoms with E-state index in [4.69, 9.17) is 9.84 Å². The average molecular weight is 339 g/mol. The molecule has 126 valence electrons. The van der Waals surface area contributed by atoms with Crippen LogP contribution in [0.4, 0.5) is 0 Å². The van der Waals surface area contributed by atoms with Crippen LogP contribution in [0.3, 0.4) is 0 Å². The van der Waals surface area contributed by atoms with Gasteiger partial charge in [-0.2, -0.15) is 0 Å². The molecule has 1 amide bonds. The summed E-state index contributed by atoms with van der Waals surface area (Å²) in [5.41, 5.74) is 0.595. The van der Waals surface area contributed by atoms with Crippen LogP contribution in [-0.4, -0.2) is 58.6 Å². The summed E-state index contributed by atoms with van der Waals surface area (Å²) in [7, 11) is 0. The molecule has 7 heteroatoms. The second-order valence-electron chi connectivity index (χ2n) is 6.28. The third kappa shape index (κ3) is 3.30. The molecule has 0 spiro atoms. The average Bonchev–Trinajstić information content (AvgIpc) is 3.18. The van der Waals surface area contributed by atoms with Gasteiger partial charge in [-0.25, -0.2) is 0 Å². The van der Waals surface area contributed by atoms with Crippen molar-refractivity contribution in [2.75, 3.05) is 19.4 Å². The van der Waals surface area contributed by atoms with Crippen molar-refractivity contribution < 1.29 is 24.2 Å². The van der Waals surface area contributed by atoms with Crippen LogP contribution in [0.25, 0.3) is 0 Å². The number of hydrogen-bond donors (Lipinski definition) is 1. The van der Waals surface area contributed by atoms with Gasteiger partial charge in [-0.3, -0.25) is 14.4 Å². The number of amides is 1. The highest BCUT2D eigenvalue weighted by Gasteiger charge is 2.46. The summed E-state index contributed by atoms with van der Waals surface area (Å²) < 4.78 is 5.60. The van der Waals surface area contributed by atoms with Gasteiger partial charge in [-0.15, -0.1) is 11.8 Å². The van der Waals surface area contributed by atoms with Gasteiger partial charge >= 0.3 is 5.97 Å². The summed E-state index contributed by atoms with van der Waals surface area (Å²) >= 11 is 1.42. The van der Waals surface area contributed by atoms with Gasteiger partial charge in [0, 0.05) is 30.2 Å². The van der Waals surface area contributed by atoms with E-state index in [1.807, 2.05) is 6.26 Å². The minimum atomic E-state index is -1.08. The number of ether oxygens (including phenoxy) is 1. The van der Waals surface area contributed by atoms with Gasteiger partial charge in [-0.1, -0.05) is 0 Å². The molecule has 2 atom stereocenters. The number of carboxylic acids is 1. The summed E-state index contributed by atoms with van der Waals surface area (Å²) in [4.78, 5) is 38.1. The zero-order chi connectivity index (χ0) is 16.6. The van der Waals surface area contributed by atoms with E-state index in [0.717, 1.165) is 25.7 Å². The van der Waals surface area contributed by atoms with Crippen LogP contribution in [0.5, 0.6) is 0 Å². The van der Waals surface area contributed by atoms with E-state index >= 15 is 0 Å². The lowest BCUT2D eigenvalue weighted by Crippen LogP contribution is -2.40. The number of rotatable bonds is 7. The largest absolute Gasteiger partial charge is 0.481 e. The fraction of sp³-hybridized carbons (Fsp3) is 0.688. The quantitative estimate of drug-likeness (QED) is 0.756. The van der Waals surface area contributed by atoms with Crippen LogP contribution in [0.15, 0.2) is 11.1 Å². The van der Waals surface area contributed by atoms with Gasteiger partial charge in [0.15, 0.2) is 5.78 Å². The number of ketones is 1. The highest BCUT2D eigenvalue weighted by molar-refractivity contribution is 7.99. The Morgan fingerprint density at radius 2 is 2.09 bits per heavy atom. The fourth-order valence-corrected chi connectivity index (χ4v) is 4.22. The summed E-state index contributed by atoms with van der Waals surface area (Å²) in [6.07, 6.45) is 4.99. The molecule has 0 radical (unpaired) electrons. The van der Waals surface area contributed by atoms with E-state index in [1.54, 1.807) is 4.90 Å². The Kier molecular flexibility index (Phi) is 4.77. The van der Waals surface area contributed by atoms with E-state index in [-0.39, 0.29) is 41.1 Å². The second-order valence-corrected chi connectivity index (χ2v) is 7.20. The molecule has 1 saturated heterocycles. The standard InChI is InChI=1S/C16H21NO5S/c1-23-16-13(14(20)9-4-5-9)11(7-12(18)19)15(21)17(16)8-10-3-2-6-22-10/h9-10,16H,2-8H2,1H3,(H,18,19). The van der Waals surface area contributed by atoms with Crippen LogP contribution in [0.2, 0.25) is 0 Å². The maximum Gasteiger partial charge on any atom is 0.308 e. The molecule has 0 aromatic rings. The summed E-state index contributed by atoms with van der Waals surface area (Å²) in [6.45, 7) is 1.12. The first-order chi connectivity index (χ1) is 11.0. The molecule has 3 rings (SSSR count). The number of carboxylic acid groups (broad SMARTS) is 1. The van der Waals surface area contributed by atoms with Gasteiger partial charge in [0.05, 0.1) is 12.5 Å². The maximum absolute atomic E-state index is 12.7. The molecule has 2 fully saturated rings. The Morgan fingerprint density at radius 3 is 2.61 bits per heavy atom. The third-order valence-electron chi connectivity index (χ3n) is 4.56. The lowest BCUT2D eigenvalue weighted by Gasteiger charge is -2.27. The normalized spacial score (nSPS) is 27.9. The molecule has 1 aliphatic carbocycles. The van der Waals surface area contributed by atoms with E-state index < -0.39 is 5.97 Å². The van der Waals surface area contributed by atoms with Crippen molar-refractivity contribution in [1.29, 1.82) is 0 Å². The van der Waals surface area contributed by atoms with E-state index in [0.29, 0.717) is 18.7 Å². The van der Waals surface area contributed by atoms with Crippen molar-refractivity contribution in [3.8, 4) is 0 Å². The number of Topliss-reactive ketones (excluding diaryl/α,β-unsaturated/α-hetero) is 1. The Bertz CT molecular complexity index is 563. The van der Waals surface area contributed by atoms with E-state index in [1.165, 1.54) is 11.8 Å². The van der Waals surface area contributed by atoms with Gasteiger partial charge in [0.2, 0.25) is 0 Å². The Hall–Kier alpha value is -1.34. The number of carbonyl (C=O) groups is 3. The molecule has 0 aromatic heterocycles. The zero-order valence-electron chi connectivity index (χ0n) is 13.1. The lowest BCUT2D eigenvalue weighted by atomic mass is 10.0. The van der Waals surface area contributed by atoms with Gasteiger partial charge in [-0.05, 0) is 31.9 Å². The SMILES string of the molecule is CSC1C(C(=O)C2CC2)=C(CC(=O)O)C(=O)N1CC1CCCO1. The van der Waals surface area contributed by atoms with Gasteiger partial charge in [0.25, 0.3) is 5.91 Å². The zero-order valence-corrected chi connectivity index (χ0v) is 13.9. The third-order valence-corrected chi connectivity index (χ3v) is 5.50. The van der Waals surface area contributed by atoms with E-state index in [2.05, 4.69) is 0 Å². The highest BCUT2D eigenvalue weighted by atomic mass is 32.2. The molecular formula is C16H21NO5S. The van der Waals surface area contributed by atoms with Crippen molar-refractivity contribution in [2.45, 2.75) is 43.6 Å². The molecule has 0 bridgehead atoms. The monoisotopic (exact) mass is 339 g/mol.